The number of nitrogens with zero attached hydrogens (tertiary/aromatic N) is 1. The standard InChI is InChI=1S/C17H22N2O/c1-2-8-19-16(11-15-6-4-9-18-13-15)10-14-5-3-7-17(20)12-14/h3-7,9,12-13,16,19-20H,2,8,10-11H2,1H3. The van der Waals surface area contributed by atoms with Crippen LogP contribution in [-0.4, -0.2) is 22.7 Å². The minimum Gasteiger partial charge on any atom is -0.508 e. The van der Waals surface area contributed by atoms with E-state index in [2.05, 4.69) is 29.4 Å². The second-order valence-corrected chi connectivity index (χ2v) is 5.09. The molecule has 0 aliphatic heterocycles. The molecule has 20 heavy (non-hydrogen) atoms. The first-order valence-electron chi connectivity index (χ1n) is 7.18. The highest BCUT2D eigenvalue weighted by Crippen LogP contribution is 2.14. The number of phenols is 1. The summed E-state index contributed by atoms with van der Waals surface area (Å²) in [6.45, 7) is 3.17. The van der Waals surface area contributed by atoms with Crippen LogP contribution in [0.15, 0.2) is 48.8 Å². The van der Waals surface area contributed by atoms with Crippen LogP contribution < -0.4 is 5.32 Å². The lowest BCUT2D eigenvalue weighted by atomic mass is 9.99. The molecule has 2 aromatic rings. The molecule has 106 valence electrons. The van der Waals surface area contributed by atoms with Gasteiger partial charge in [-0.25, -0.2) is 0 Å². The molecule has 0 radical (unpaired) electrons. The quantitative estimate of drug-likeness (QED) is 0.813. The highest BCUT2D eigenvalue weighted by molar-refractivity contribution is 5.28. The molecule has 1 heterocycles. The van der Waals surface area contributed by atoms with Crippen LogP contribution in [0.1, 0.15) is 24.5 Å². The lowest BCUT2D eigenvalue weighted by molar-refractivity contribution is 0.471. The van der Waals surface area contributed by atoms with E-state index in [-0.39, 0.29) is 0 Å². The third kappa shape index (κ3) is 4.67. The van der Waals surface area contributed by atoms with Crippen molar-refractivity contribution in [1.29, 1.82) is 0 Å². The summed E-state index contributed by atoms with van der Waals surface area (Å²) in [6.07, 6.45) is 6.69. The Balaban J connectivity index is 2.03. The van der Waals surface area contributed by atoms with Crippen LogP contribution >= 0.6 is 0 Å². The summed E-state index contributed by atoms with van der Waals surface area (Å²) in [4.78, 5) is 4.17. The maximum atomic E-state index is 9.56. The Kier molecular flexibility index (Phi) is 5.56. The molecule has 3 nitrogen and oxygen atoms in total. The first kappa shape index (κ1) is 14.5. The molecular formula is C17H22N2O. The van der Waals surface area contributed by atoms with Crippen molar-refractivity contribution in [2.75, 3.05) is 6.54 Å². The molecule has 0 saturated heterocycles. The van der Waals surface area contributed by atoms with E-state index in [0.717, 1.165) is 31.4 Å². The smallest absolute Gasteiger partial charge is 0.115 e. The molecule has 1 atom stereocenters. The zero-order valence-corrected chi connectivity index (χ0v) is 11.9. The molecule has 0 aliphatic rings. The van der Waals surface area contributed by atoms with Crippen molar-refractivity contribution in [2.24, 2.45) is 0 Å². The molecule has 1 unspecified atom stereocenters. The van der Waals surface area contributed by atoms with Gasteiger partial charge in [0, 0.05) is 18.4 Å². The van der Waals surface area contributed by atoms with Crippen molar-refractivity contribution in [3.05, 3.63) is 59.9 Å². The van der Waals surface area contributed by atoms with Crippen molar-refractivity contribution in [3.63, 3.8) is 0 Å². The molecule has 0 aliphatic carbocycles. The van der Waals surface area contributed by atoms with E-state index in [9.17, 15) is 5.11 Å². The Morgan fingerprint density at radius 2 is 1.95 bits per heavy atom. The van der Waals surface area contributed by atoms with E-state index in [0.29, 0.717) is 11.8 Å². The van der Waals surface area contributed by atoms with Gasteiger partial charge in [-0.15, -0.1) is 0 Å². The van der Waals surface area contributed by atoms with Gasteiger partial charge in [-0.3, -0.25) is 4.98 Å². The normalized spacial score (nSPS) is 12.2. The Labute approximate surface area is 120 Å². The van der Waals surface area contributed by atoms with Gasteiger partial charge in [0.15, 0.2) is 0 Å². The zero-order chi connectivity index (χ0) is 14.2. The molecule has 0 bridgehead atoms. The van der Waals surface area contributed by atoms with Crippen LogP contribution in [0.4, 0.5) is 0 Å². The van der Waals surface area contributed by atoms with Crippen LogP contribution in [0.3, 0.4) is 0 Å². The Bertz CT molecular complexity index is 513. The monoisotopic (exact) mass is 270 g/mol. The zero-order valence-electron chi connectivity index (χ0n) is 11.9. The number of benzene rings is 1. The number of hydrogen-bond acceptors (Lipinski definition) is 3. The minimum absolute atomic E-state index is 0.332. The van der Waals surface area contributed by atoms with Crippen LogP contribution in [0, 0.1) is 0 Å². The summed E-state index contributed by atoms with van der Waals surface area (Å²) >= 11 is 0. The summed E-state index contributed by atoms with van der Waals surface area (Å²) in [5, 5.41) is 13.1. The van der Waals surface area contributed by atoms with Gasteiger partial charge >= 0.3 is 0 Å². The molecule has 1 aromatic carbocycles. The number of rotatable bonds is 7. The third-order valence-electron chi connectivity index (χ3n) is 3.28. The summed E-state index contributed by atoms with van der Waals surface area (Å²) in [6, 6.07) is 11.9. The summed E-state index contributed by atoms with van der Waals surface area (Å²) in [5.41, 5.74) is 2.39. The molecular weight excluding hydrogens is 248 g/mol. The van der Waals surface area contributed by atoms with Crippen molar-refractivity contribution in [1.82, 2.24) is 10.3 Å². The average Bonchev–Trinajstić information content (AvgIpc) is 2.46. The minimum atomic E-state index is 0.332. The number of pyridine rings is 1. The Hall–Kier alpha value is -1.87. The second-order valence-electron chi connectivity index (χ2n) is 5.09. The van der Waals surface area contributed by atoms with Gasteiger partial charge in [-0.1, -0.05) is 25.1 Å². The highest BCUT2D eigenvalue weighted by atomic mass is 16.3. The molecule has 2 N–H and O–H groups in total. The van der Waals surface area contributed by atoms with Gasteiger partial charge in [0.05, 0.1) is 0 Å². The molecule has 2 rings (SSSR count). The molecule has 0 spiro atoms. The first-order chi connectivity index (χ1) is 9.78. The summed E-state index contributed by atoms with van der Waals surface area (Å²) < 4.78 is 0. The predicted molar refractivity (Wildman–Crippen MR) is 81.8 cm³/mol. The summed E-state index contributed by atoms with van der Waals surface area (Å²) in [7, 11) is 0. The Morgan fingerprint density at radius 1 is 1.15 bits per heavy atom. The van der Waals surface area contributed by atoms with E-state index in [4.69, 9.17) is 0 Å². The SMILES string of the molecule is CCCNC(Cc1cccnc1)Cc1cccc(O)c1. The molecule has 0 amide bonds. The average molecular weight is 270 g/mol. The lowest BCUT2D eigenvalue weighted by Crippen LogP contribution is -2.33. The fraction of sp³-hybridized carbons (Fsp3) is 0.353. The van der Waals surface area contributed by atoms with Crippen LogP contribution in [0.2, 0.25) is 0 Å². The number of phenolic OH excluding ortho intramolecular Hbond substituents is 1. The van der Waals surface area contributed by atoms with Crippen molar-refractivity contribution in [3.8, 4) is 5.75 Å². The van der Waals surface area contributed by atoms with Crippen molar-refractivity contribution in [2.45, 2.75) is 32.2 Å². The summed E-state index contributed by atoms with van der Waals surface area (Å²) in [5.74, 6) is 0.332. The Morgan fingerprint density at radius 3 is 2.65 bits per heavy atom. The topological polar surface area (TPSA) is 45.2 Å². The maximum absolute atomic E-state index is 9.56. The van der Waals surface area contributed by atoms with Gasteiger partial charge in [0.1, 0.15) is 5.75 Å². The third-order valence-corrected chi connectivity index (χ3v) is 3.28. The van der Waals surface area contributed by atoms with Gasteiger partial charge in [-0.05, 0) is 55.1 Å². The second kappa shape index (κ2) is 7.65. The van der Waals surface area contributed by atoms with Gasteiger partial charge < -0.3 is 10.4 Å². The molecule has 0 fully saturated rings. The largest absolute Gasteiger partial charge is 0.508 e. The molecule has 0 saturated carbocycles. The van der Waals surface area contributed by atoms with Gasteiger partial charge in [-0.2, -0.15) is 0 Å². The van der Waals surface area contributed by atoms with E-state index in [1.807, 2.05) is 24.4 Å². The van der Waals surface area contributed by atoms with Crippen LogP contribution in [0.5, 0.6) is 5.75 Å². The van der Waals surface area contributed by atoms with E-state index >= 15 is 0 Å². The van der Waals surface area contributed by atoms with E-state index in [1.165, 1.54) is 5.56 Å². The van der Waals surface area contributed by atoms with Gasteiger partial charge in [0.25, 0.3) is 0 Å². The molecule has 1 aromatic heterocycles. The van der Waals surface area contributed by atoms with Crippen molar-refractivity contribution < 1.29 is 5.11 Å². The van der Waals surface area contributed by atoms with Crippen LogP contribution in [-0.2, 0) is 12.8 Å². The number of hydrogen-bond donors (Lipinski definition) is 2. The fourth-order valence-electron chi connectivity index (χ4n) is 2.34. The van der Waals surface area contributed by atoms with Crippen molar-refractivity contribution >= 4 is 0 Å². The van der Waals surface area contributed by atoms with E-state index < -0.39 is 0 Å². The predicted octanol–water partition coefficient (Wildman–Crippen LogP) is 2.94. The highest BCUT2D eigenvalue weighted by Gasteiger charge is 2.10. The lowest BCUT2D eigenvalue weighted by Gasteiger charge is -2.18. The van der Waals surface area contributed by atoms with Gasteiger partial charge in [0.2, 0.25) is 0 Å². The number of aromatic nitrogens is 1. The fourth-order valence-corrected chi connectivity index (χ4v) is 2.34. The molecule has 3 heteroatoms. The number of aromatic hydroxyl groups is 1. The first-order valence-corrected chi connectivity index (χ1v) is 7.18. The van der Waals surface area contributed by atoms with Crippen LogP contribution in [0.25, 0.3) is 0 Å². The maximum Gasteiger partial charge on any atom is 0.115 e. The van der Waals surface area contributed by atoms with E-state index in [1.54, 1.807) is 12.3 Å². The number of nitrogens with one attached hydrogen (secondary N) is 1.